The smallest absolute Gasteiger partial charge is 0.348 e. The lowest BCUT2D eigenvalue weighted by Crippen LogP contribution is -2.03. The number of rotatable bonds is 4. The minimum atomic E-state index is -0.406. The van der Waals surface area contributed by atoms with E-state index in [0.717, 1.165) is 5.56 Å². The Labute approximate surface area is 163 Å². The van der Waals surface area contributed by atoms with Crippen LogP contribution in [0.3, 0.4) is 0 Å². The van der Waals surface area contributed by atoms with Crippen molar-refractivity contribution >= 4 is 61.8 Å². The summed E-state index contributed by atoms with van der Waals surface area (Å²) in [4.78, 5) is 21.8. The monoisotopic (exact) mass is 408 g/mol. The van der Waals surface area contributed by atoms with Crippen LogP contribution in [0.5, 0.6) is 5.75 Å². The van der Waals surface area contributed by atoms with E-state index in [-0.39, 0.29) is 16.7 Å². The number of esters is 1. The lowest BCUT2D eigenvalue weighted by molar-refractivity contribution is 0.0531. The van der Waals surface area contributed by atoms with Crippen molar-refractivity contribution in [2.75, 3.05) is 6.61 Å². The molecule has 0 saturated heterocycles. The third-order valence-electron chi connectivity index (χ3n) is 3.61. The van der Waals surface area contributed by atoms with Crippen LogP contribution >= 0.6 is 34.5 Å². The van der Waals surface area contributed by atoms with Gasteiger partial charge in [0.05, 0.1) is 17.0 Å². The minimum Gasteiger partial charge on any atom is -0.508 e. The maximum Gasteiger partial charge on any atom is 0.348 e. The summed E-state index contributed by atoms with van der Waals surface area (Å²) in [6, 6.07) is 6.54. The van der Waals surface area contributed by atoms with E-state index in [0.29, 0.717) is 32.3 Å². The number of carbonyl (C=O) groups is 1. The summed E-state index contributed by atoms with van der Waals surface area (Å²) in [6.07, 6.45) is 1.67. The van der Waals surface area contributed by atoms with Gasteiger partial charge in [-0.2, -0.15) is 0 Å². The second kappa shape index (κ2) is 7.61. The van der Waals surface area contributed by atoms with Gasteiger partial charge >= 0.3 is 5.97 Å². The predicted molar refractivity (Wildman–Crippen MR) is 105 cm³/mol. The molecule has 0 saturated carbocycles. The molecule has 1 aromatic carbocycles. The number of benzene rings is 1. The second-order valence-electron chi connectivity index (χ2n) is 5.38. The first-order valence-electron chi connectivity index (χ1n) is 7.71. The SMILES string of the molecule is CCOC(=O)c1sc2nc(/C(Cl)=C/c3ccc(O)cc3)nc(Cl)c2c1C. The third-order valence-corrected chi connectivity index (χ3v) is 5.32. The largest absolute Gasteiger partial charge is 0.508 e. The van der Waals surface area contributed by atoms with Crippen molar-refractivity contribution in [1.29, 1.82) is 0 Å². The molecule has 3 aromatic rings. The Kier molecular flexibility index (Phi) is 5.46. The number of phenols is 1. The number of aromatic hydroxyl groups is 1. The molecule has 0 aliphatic rings. The van der Waals surface area contributed by atoms with Crippen molar-refractivity contribution in [2.45, 2.75) is 13.8 Å². The Balaban J connectivity index is 2.05. The number of hydrogen-bond donors (Lipinski definition) is 1. The molecule has 134 valence electrons. The molecule has 8 heteroatoms. The van der Waals surface area contributed by atoms with E-state index in [2.05, 4.69) is 9.97 Å². The average Bonchev–Trinajstić information content (AvgIpc) is 2.94. The maximum absolute atomic E-state index is 12.1. The standard InChI is InChI=1S/C18H14Cl2N2O3S/c1-3-25-18(24)14-9(2)13-15(20)21-16(22-17(13)26-14)12(19)8-10-4-6-11(23)7-5-10/h4-8,23H,3H2,1-2H3/b12-8-. The van der Waals surface area contributed by atoms with Gasteiger partial charge in [0, 0.05) is 0 Å². The van der Waals surface area contributed by atoms with E-state index in [1.807, 2.05) is 0 Å². The van der Waals surface area contributed by atoms with Gasteiger partial charge in [0.1, 0.15) is 20.6 Å². The van der Waals surface area contributed by atoms with Gasteiger partial charge in [-0.05, 0) is 43.2 Å². The molecule has 5 nitrogen and oxygen atoms in total. The number of aromatic nitrogens is 2. The number of thiophene rings is 1. The highest BCUT2D eigenvalue weighted by Gasteiger charge is 2.21. The van der Waals surface area contributed by atoms with Crippen molar-refractivity contribution < 1.29 is 14.6 Å². The van der Waals surface area contributed by atoms with Gasteiger partial charge in [0.2, 0.25) is 0 Å². The van der Waals surface area contributed by atoms with Crippen LogP contribution in [-0.4, -0.2) is 27.7 Å². The zero-order chi connectivity index (χ0) is 18.8. The first-order valence-corrected chi connectivity index (χ1v) is 9.28. The molecule has 2 heterocycles. The van der Waals surface area contributed by atoms with E-state index in [4.69, 9.17) is 27.9 Å². The summed E-state index contributed by atoms with van der Waals surface area (Å²) in [7, 11) is 0. The summed E-state index contributed by atoms with van der Waals surface area (Å²) in [5.41, 5.74) is 1.47. The fraction of sp³-hybridized carbons (Fsp3) is 0.167. The summed E-state index contributed by atoms with van der Waals surface area (Å²) in [6.45, 7) is 3.83. The van der Waals surface area contributed by atoms with Crippen LogP contribution in [0.25, 0.3) is 21.3 Å². The lowest BCUT2D eigenvalue weighted by Gasteiger charge is -2.02. The van der Waals surface area contributed by atoms with Gasteiger partial charge < -0.3 is 9.84 Å². The Morgan fingerprint density at radius 3 is 2.65 bits per heavy atom. The van der Waals surface area contributed by atoms with Gasteiger partial charge in [-0.1, -0.05) is 35.3 Å². The zero-order valence-electron chi connectivity index (χ0n) is 13.9. The van der Waals surface area contributed by atoms with Gasteiger partial charge in [0.15, 0.2) is 5.82 Å². The number of ether oxygens (including phenoxy) is 1. The summed E-state index contributed by atoms with van der Waals surface area (Å²) < 4.78 is 5.07. The molecule has 0 fully saturated rings. The predicted octanol–water partition coefficient (Wildman–Crippen LogP) is 5.27. The van der Waals surface area contributed by atoms with E-state index in [1.165, 1.54) is 11.3 Å². The fourth-order valence-corrected chi connectivity index (χ4v) is 4.02. The molecule has 0 radical (unpaired) electrons. The average molecular weight is 409 g/mol. The molecule has 26 heavy (non-hydrogen) atoms. The maximum atomic E-state index is 12.1. The molecule has 3 rings (SSSR count). The highest BCUT2D eigenvalue weighted by atomic mass is 35.5. The van der Waals surface area contributed by atoms with Crippen LogP contribution in [0.15, 0.2) is 24.3 Å². The molecule has 0 unspecified atom stereocenters. The van der Waals surface area contributed by atoms with Gasteiger partial charge in [-0.15, -0.1) is 11.3 Å². The van der Waals surface area contributed by atoms with E-state index in [9.17, 15) is 9.90 Å². The molecule has 0 aliphatic carbocycles. The third kappa shape index (κ3) is 3.67. The number of carbonyl (C=O) groups excluding carboxylic acids is 1. The Hall–Kier alpha value is -2.15. The van der Waals surface area contributed by atoms with E-state index in [1.54, 1.807) is 44.2 Å². The van der Waals surface area contributed by atoms with Crippen LogP contribution in [0, 0.1) is 6.92 Å². The Morgan fingerprint density at radius 2 is 2.00 bits per heavy atom. The first-order chi connectivity index (χ1) is 12.4. The van der Waals surface area contributed by atoms with Gasteiger partial charge in [-0.3, -0.25) is 0 Å². The van der Waals surface area contributed by atoms with Crippen LogP contribution < -0.4 is 0 Å². The molecular weight excluding hydrogens is 395 g/mol. The Bertz CT molecular complexity index is 1010. The van der Waals surface area contributed by atoms with Crippen LogP contribution in [0.2, 0.25) is 5.15 Å². The number of halogens is 2. The zero-order valence-corrected chi connectivity index (χ0v) is 16.2. The highest BCUT2D eigenvalue weighted by Crippen LogP contribution is 2.35. The number of aryl methyl sites for hydroxylation is 1. The summed E-state index contributed by atoms with van der Waals surface area (Å²) >= 11 is 13.9. The number of phenolic OH excluding ortho intramolecular Hbond substituents is 1. The molecule has 0 amide bonds. The van der Waals surface area contributed by atoms with E-state index >= 15 is 0 Å². The number of fused-ring (bicyclic) bond motifs is 1. The Morgan fingerprint density at radius 1 is 1.31 bits per heavy atom. The molecular formula is C18H14Cl2N2O3S. The molecule has 1 N–H and O–H groups in total. The molecule has 0 aliphatic heterocycles. The van der Waals surface area contributed by atoms with Crippen LogP contribution in [0.4, 0.5) is 0 Å². The fourth-order valence-electron chi connectivity index (χ4n) is 2.37. The minimum absolute atomic E-state index is 0.166. The number of hydrogen-bond acceptors (Lipinski definition) is 6. The van der Waals surface area contributed by atoms with Crippen molar-refractivity contribution in [3.63, 3.8) is 0 Å². The normalized spacial score (nSPS) is 11.8. The van der Waals surface area contributed by atoms with Crippen molar-refractivity contribution in [3.8, 4) is 5.75 Å². The first kappa shape index (κ1) is 18.6. The van der Waals surface area contributed by atoms with E-state index < -0.39 is 5.97 Å². The lowest BCUT2D eigenvalue weighted by atomic mass is 10.2. The van der Waals surface area contributed by atoms with Crippen molar-refractivity contribution in [3.05, 3.63) is 51.2 Å². The number of nitrogens with zero attached hydrogens (tertiary/aromatic N) is 2. The van der Waals surface area contributed by atoms with Crippen molar-refractivity contribution in [2.24, 2.45) is 0 Å². The quantitative estimate of drug-likeness (QED) is 0.469. The van der Waals surface area contributed by atoms with Crippen LogP contribution in [-0.2, 0) is 4.74 Å². The molecule has 0 spiro atoms. The second-order valence-corrected chi connectivity index (χ2v) is 7.14. The summed E-state index contributed by atoms with van der Waals surface area (Å²) in [5.74, 6) is 0.0183. The van der Waals surface area contributed by atoms with Crippen molar-refractivity contribution in [1.82, 2.24) is 9.97 Å². The van der Waals surface area contributed by atoms with Crippen LogP contribution in [0.1, 0.15) is 33.5 Å². The highest BCUT2D eigenvalue weighted by molar-refractivity contribution is 7.20. The molecule has 2 aromatic heterocycles. The van der Waals surface area contributed by atoms with Gasteiger partial charge in [0.25, 0.3) is 0 Å². The molecule has 0 bridgehead atoms. The topological polar surface area (TPSA) is 72.3 Å². The molecule has 0 atom stereocenters. The van der Waals surface area contributed by atoms with Gasteiger partial charge in [-0.25, -0.2) is 14.8 Å². The summed E-state index contributed by atoms with van der Waals surface area (Å²) in [5, 5.41) is 10.5.